The van der Waals surface area contributed by atoms with E-state index in [-0.39, 0.29) is 33.9 Å². The standard InChI is InChI=1S/C19H24ClN9O2S/c1-10-11(32-9-24-10)2-3-12(30)29-6-4-19(5-7-29)8-23-18(28-19)27-17(31)13-15(21)26-16(22)14(20)25-13/h9H,2-8H2,1H3,(H4,21,22,26)(H2,23,27,28,31). The summed E-state index contributed by atoms with van der Waals surface area (Å²) in [6.07, 6.45) is 2.69. The second kappa shape index (κ2) is 8.87. The maximum Gasteiger partial charge on any atom is 0.302 e. The second-order valence-electron chi connectivity index (χ2n) is 7.90. The number of aromatic nitrogens is 3. The average molecular weight is 478 g/mol. The first kappa shape index (κ1) is 22.2. The topological polar surface area (TPSA) is 165 Å². The van der Waals surface area contributed by atoms with Gasteiger partial charge in [-0.15, -0.1) is 11.3 Å². The molecule has 0 saturated carbocycles. The van der Waals surface area contributed by atoms with Gasteiger partial charge in [0, 0.05) is 30.9 Å². The molecule has 2 aromatic heterocycles. The van der Waals surface area contributed by atoms with Crippen molar-refractivity contribution in [2.45, 2.75) is 38.1 Å². The fraction of sp³-hybridized carbons (Fsp3) is 0.474. The molecule has 0 aromatic carbocycles. The van der Waals surface area contributed by atoms with Gasteiger partial charge in [-0.2, -0.15) is 4.99 Å². The van der Waals surface area contributed by atoms with Crippen molar-refractivity contribution in [2.75, 3.05) is 31.1 Å². The Labute approximate surface area is 193 Å². The summed E-state index contributed by atoms with van der Waals surface area (Å²) in [5.74, 6) is -0.362. The molecule has 2 saturated heterocycles. The number of carbonyl (C=O) groups is 2. The number of likely N-dealkylation sites (tertiary alicyclic amines) is 1. The van der Waals surface area contributed by atoms with Gasteiger partial charge in [0.05, 0.1) is 16.7 Å². The van der Waals surface area contributed by atoms with E-state index in [9.17, 15) is 9.59 Å². The van der Waals surface area contributed by atoms with Gasteiger partial charge in [0.2, 0.25) is 5.91 Å². The largest absolute Gasteiger partial charge is 0.382 e. The third kappa shape index (κ3) is 4.60. The molecule has 11 nitrogen and oxygen atoms in total. The van der Waals surface area contributed by atoms with E-state index in [1.165, 1.54) is 0 Å². The number of aryl methyl sites for hydroxylation is 2. The van der Waals surface area contributed by atoms with Crippen LogP contribution in [0.15, 0.2) is 10.5 Å². The first-order valence-corrected chi connectivity index (χ1v) is 11.4. The summed E-state index contributed by atoms with van der Waals surface area (Å²) in [5, 5.41) is 6.32. The van der Waals surface area contributed by atoms with Crippen molar-refractivity contribution < 1.29 is 9.59 Å². The number of nitrogen functional groups attached to an aromatic ring is 2. The van der Waals surface area contributed by atoms with Gasteiger partial charge in [-0.25, -0.2) is 15.0 Å². The van der Waals surface area contributed by atoms with Gasteiger partial charge in [0.15, 0.2) is 28.4 Å². The van der Waals surface area contributed by atoms with Crippen LogP contribution in [-0.4, -0.2) is 62.8 Å². The SMILES string of the molecule is Cc1ncsc1CCC(=O)N1CCC2(CC1)CN/C(=N\C(=O)c1nc(Cl)c(N)nc1N)N2. The van der Waals surface area contributed by atoms with Crippen LogP contribution in [0.5, 0.6) is 0 Å². The number of amides is 2. The summed E-state index contributed by atoms with van der Waals surface area (Å²) in [7, 11) is 0. The number of carbonyl (C=O) groups excluding carboxylic acids is 2. The van der Waals surface area contributed by atoms with Gasteiger partial charge in [0.25, 0.3) is 0 Å². The van der Waals surface area contributed by atoms with Crippen LogP contribution in [0.25, 0.3) is 0 Å². The van der Waals surface area contributed by atoms with Crippen LogP contribution in [-0.2, 0) is 11.2 Å². The highest BCUT2D eigenvalue weighted by Gasteiger charge is 2.40. The lowest BCUT2D eigenvalue weighted by atomic mass is 9.88. The predicted octanol–water partition coefficient (Wildman–Crippen LogP) is 0.742. The fourth-order valence-corrected chi connectivity index (χ4v) is 4.75. The lowest BCUT2D eigenvalue weighted by Gasteiger charge is -2.38. The number of thiazole rings is 1. The molecule has 2 aliphatic rings. The van der Waals surface area contributed by atoms with Gasteiger partial charge in [-0.1, -0.05) is 11.6 Å². The van der Waals surface area contributed by atoms with Crippen molar-refractivity contribution in [1.29, 1.82) is 0 Å². The molecule has 2 aromatic rings. The molecule has 4 heterocycles. The van der Waals surface area contributed by atoms with E-state index in [4.69, 9.17) is 23.1 Å². The summed E-state index contributed by atoms with van der Waals surface area (Å²) in [6, 6.07) is 0. The van der Waals surface area contributed by atoms with E-state index in [0.717, 1.165) is 29.8 Å². The summed E-state index contributed by atoms with van der Waals surface area (Å²) in [6.45, 7) is 3.85. The molecule has 170 valence electrons. The molecule has 4 rings (SSSR count). The maximum atomic E-state index is 12.6. The highest BCUT2D eigenvalue weighted by Crippen LogP contribution is 2.26. The van der Waals surface area contributed by atoms with Crippen molar-refractivity contribution >= 4 is 52.3 Å². The Kier molecular flexibility index (Phi) is 6.15. The number of nitrogens with one attached hydrogen (secondary N) is 2. The number of aliphatic imine (C=N–C) groups is 1. The number of nitrogens with zero attached hydrogens (tertiary/aromatic N) is 5. The molecule has 32 heavy (non-hydrogen) atoms. The van der Waals surface area contributed by atoms with E-state index in [1.807, 2.05) is 17.3 Å². The molecular formula is C19H24ClN9O2S. The minimum absolute atomic E-state index is 0.0482. The second-order valence-corrected chi connectivity index (χ2v) is 9.20. The van der Waals surface area contributed by atoms with Crippen molar-refractivity contribution in [3.8, 4) is 0 Å². The zero-order valence-electron chi connectivity index (χ0n) is 17.5. The smallest absolute Gasteiger partial charge is 0.302 e. The van der Waals surface area contributed by atoms with Crippen molar-refractivity contribution in [3.63, 3.8) is 0 Å². The summed E-state index contributed by atoms with van der Waals surface area (Å²) in [4.78, 5) is 44.1. The molecule has 0 radical (unpaired) electrons. The number of rotatable bonds is 4. The molecule has 0 aliphatic carbocycles. The number of nitrogens with two attached hydrogens (primary N) is 2. The van der Waals surface area contributed by atoms with E-state index >= 15 is 0 Å². The van der Waals surface area contributed by atoms with Crippen LogP contribution in [0.2, 0.25) is 5.15 Å². The van der Waals surface area contributed by atoms with E-state index in [0.29, 0.717) is 32.0 Å². The van der Waals surface area contributed by atoms with Crippen LogP contribution in [0, 0.1) is 6.92 Å². The monoisotopic (exact) mass is 477 g/mol. The number of hydrogen-bond acceptors (Lipinski definition) is 8. The van der Waals surface area contributed by atoms with Gasteiger partial charge in [-0.3, -0.25) is 9.59 Å². The first-order chi connectivity index (χ1) is 15.3. The Morgan fingerprint density at radius 3 is 2.72 bits per heavy atom. The third-order valence-electron chi connectivity index (χ3n) is 5.78. The predicted molar refractivity (Wildman–Crippen MR) is 122 cm³/mol. The molecule has 1 spiro atoms. The van der Waals surface area contributed by atoms with E-state index in [2.05, 4.69) is 30.6 Å². The van der Waals surface area contributed by atoms with Crippen LogP contribution >= 0.6 is 22.9 Å². The van der Waals surface area contributed by atoms with Crippen LogP contribution in [0.4, 0.5) is 11.6 Å². The highest BCUT2D eigenvalue weighted by molar-refractivity contribution is 7.09. The molecule has 13 heteroatoms. The van der Waals surface area contributed by atoms with Crippen LogP contribution in [0.1, 0.15) is 40.3 Å². The van der Waals surface area contributed by atoms with Crippen LogP contribution < -0.4 is 22.1 Å². The molecule has 2 aliphatic heterocycles. The quantitative estimate of drug-likeness (QED) is 0.496. The molecule has 2 amide bonds. The molecular weight excluding hydrogens is 454 g/mol. The number of guanidine groups is 1. The van der Waals surface area contributed by atoms with Crippen molar-refractivity contribution in [3.05, 3.63) is 26.9 Å². The third-order valence-corrected chi connectivity index (χ3v) is 7.06. The molecule has 0 atom stereocenters. The Morgan fingerprint density at radius 2 is 2.03 bits per heavy atom. The lowest BCUT2D eigenvalue weighted by Crippen LogP contribution is -2.53. The number of hydrogen-bond donors (Lipinski definition) is 4. The zero-order valence-corrected chi connectivity index (χ0v) is 19.1. The van der Waals surface area contributed by atoms with Gasteiger partial charge < -0.3 is 27.0 Å². The van der Waals surface area contributed by atoms with Crippen molar-refractivity contribution in [2.24, 2.45) is 4.99 Å². The number of anilines is 2. The summed E-state index contributed by atoms with van der Waals surface area (Å²) >= 11 is 7.43. The summed E-state index contributed by atoms with van der Waals surface area (Å²) in [5.41, 5.74) is 13.7. The Hall–Kier alpha value is -2.99. The van der Waals surface area contributed by atoms with Crippen molar-refractivity contribution in [1.82, 2.24) is 30.5 Å². The minimum Gasteiger partial charge on any atom is -0.382 e. The average Bonchev–Trinajstić information content (AvgIpc) is 3.35. The van der Waals surface area contributed by atoms with Gasteiger partial charge >= 0.3 is 5.91 Å². The minimum atomic E-state index is -0.671. The Morgan fingerprint density at radius 1 is 1.28 bits per heavy atom. The fourth-order valence-electron chi connectivity index (χ4n) is 3.84. The lowest BCUT2D eigenvalue weighted by molar-refractivity contribution is -0.132. The zero-order chi connectivity index (χ0) is 22.9. The Balaban J connectivity index is 1.32. The van der Waals surface area contributed by atoms with Gasteiger partial charge in [0.1, 0.15) is 0 Å². The molecule has 0 unspecified atom stereocenters. The van der Waals surface area contributed by atoms with Gasteiger partial charge in [-0.05, 0) is 26.2 Å². The molecule has 6 N–H and O–H groups in total. The first-order valence-electron chi connectivity index (χ1n) is 10.2. The highest BCUT2D eigenvalue weighted by atomic mass is 35.5. The number of halogens is 1. The van der Waals surface area contributed by atoms with E-state index < -0.39 is 5.91 Å². The van der Waals surface area contributed by atoms with Crippen LogP contribution in [0.3, 0.4) is 0 Å². The molecule has 2 fully saturated rings. The Bertz CT molecular complexity index is 1080. The normalized spacial score (nSPS) is 18.6. The van der Waals surface area contributed by atoms with E-state index in [1.54, 1.807) is 11.3 Å². The number of piperidine rings is 1. The molecule has 0 bridgehead atoms. The summed E-state index contributed by atoms with van der Waals surface area (Å²) < 4.78 is 0. The maximum absolute atomic E-state index is 12.6.